The molecule has 0 bridgehead atoms. The van der Waals surface area contributed by atoms with Gasteiger partial charge in [-0.25, -0.2) is 4.98 Å². The van der Waals surface area contributed by atoms with Crippen LogP contribution in [0.4, 0.5) is 0 Å². The molecule has 2 heterocycles. The minimum Gasteiger partial charge on any atom is -0.438 e. The smallest absolute Gasteiger partial charge is 0.221 e. The summed E-state index contributed by atoms with van der Waals surface area (Å²) in [4.78, 5) is 15.7. The Morgan fingerprint density at radius 2 is 2.00 bits per heavy atom. The third kappa shape index (κ3) is 4.40. The zero-order chi connectivity index (χ0) is 21.1. The molecule has 0 aliphatic carbocycles. The first-order chi connectivity index (χ1) is 14.5. The van der Waals surface area contributed by atoms with E-state index in [1.807, 2.05) is 29.3 Å². The Morgan fingerprint density at radius 3 is 2.73 bits per heavy atom. The fourth-order valence-electron chi connectivity index (χ4n) is 3.63. The molecule has 1 unspecified atom stereocenters. The fourth-order valence-corrected chi connectivity index (χ4v) is 3.63. The molecule has 1 amide bonds. The number of hydrogen-bond acceptors (Lipinski definition) is 6. The van der Waals surface area contributed by atoms with E-state index in [-0.39, 0.29) is 24.3 Å². The van der Waals surface area contributed by atoms with Crippen molar-refractivity contribution in [2.24, 2.45) is 22.0 Å². The highest BCUT2D eigenvalue weighted by atomic mass is 16.4. The Hall–Kier alpha value is -3.48. The maximum absolute atomic E-state index is 11.0. The normalized spacial score (nSPS) is 16.1. The number of amides is 1. The second kappa shape index (κ2) is 8.49. The lowest BCUT2D eigenvalue weighted by molar-refractivity contribution is -0.117. The third-order valence-electron chi connectivity index (χ3n) is 5.08. The van der Waals surface area contributed by atoms with Gasteiger partial charge in [0.25, 0.3) is 0 Å². The van der Waals surface area contributed by atoms with E-state index in [9.17, 15) is 4.79 Å². The van der Waals surface area contributed by atoms with Crippen LogP contribution in [0.2, 0.25) is 0 Å². The van der Waals surface area contributed by atoms with Crippen LogP contribution in [0.5, 0.6) is 0 Å². The summed E-state index contributed by atoms with van der Waals surface area (Å²) in [6, 6.07) is 16.3. The molecule has 3 aromatic rings. The molecular formula is C23H25N5O2. The topological polar surface area (TPSA) is 97.1 Å². The van der Waals surface area contributed by atoms with Gasteiger partial charge in [0.2, 0.25) is 11.8 Å². The maximum atomic E-state index is 11.0. The Morgan fingerprint density at radius 1 is 1.20 bits per heavy atom. The number of benzene rings is 2. The first-order valence-electron chi connectivity index (χ1n) is 10.1. The van der Waals surface area contributed by atoms with Crippen molar-refractivity contribution in [2.75, 3.05) is 6.54 Å². The molecular weight excluding hydrogens is 378 g/mol. The summed E-state index contributed by atoms with van der Waals surface area (Å²) in [5.74, 6) is 0.435. The van der Waals surface area contributed by atoms with E-state index < -0.39 is 0 Å². The standard InChI is InChI=1S/C23H25N5O2/c1-15(2)22(28-14-18(26-27-28)9-11-21(24)29)23-25-19-10-8-17(13-20(19)30-23)12-16-6-4-3-5-7-16/h3-10,13,15,22H,11-12,14H2,1-2H3,(H2,24,29)/b18-9-. The molecule has 30 heavy (non-hydrogen) atoms. The zero-order valence-corrected chi connectivity index (χ0v) is 17.2. The molecule has 2 N–H and O–H groups in total. The lowest BCUT2D eigenvalue weighted by Gasteiger charge is -2.25. The van der Waals surface area contributed by atoms with Crippen LogP contribution in [0.3, 0.4) is 0 Å². The predicted molar refractivity (Wildman–Crippen MR) is 114 cm³/mol. The predicted octanol–water partition coefficient (Wildman–Crippen LogP) is 4.56. The number of carbonyl (C=O) groups is 1. The molecule has 4 rings (SSSR count). The molecule has 0 radical (unpaired) electrons. The van der Waals surface area contributed by atoms with Crippen LogP contribution >= 0.6 is 0 Å². The zero-order valence-electron chi connectivity index (χ0n) is 17.2. The molecule has 0 saturated carbocycles. The van der Waals surface area contributed by atoms with Gasteiger partial charge in [-0.15, -0.1) is 5.11 Å². The number of rotatable bonds is 7. The summed E-state index contributed by atoms with van der Waals surface area (Å²) < 4.78 is 6.17. The number of nitrogens with two attached hydrogens (primary N) is 1. The largest absolute Gasteiger partial charge is 0.438 e. The van der Waals surface area contributed by atoms with Crippen LogP contribution in [0, 0.1) is 5.92 Å². The van der Waals surface area contributed by atoms with Crippen molar-refractivity contribution >= 4 is 17.0 Å². The number of carbonyl (C=O) groups excluding carboxylic acids is 1. The van der Waals surface area contributed by atoms with Crippen LogP contribution in [0.15, 0.2) is 75.1 Å². The third-order valence-corrected chi connectivity index (χ3v) is 5.08. The van der Waals surface area contributed by atoms with Crippen molar-refractivity contribution in [3.8, 4) is 0 Å². The van der Waals surface area contributed by atoms with Crippen LogP contribution in [0.25, 0.3) is 11.1 Å². The summed E-state index contributed by atoms with van der Waals surface area (Å²) in [7, 11) is 0. The number of nitrogens with zero attached hydrogens (tertiary/aromatic N) is 4. The number of primary amides is 1. The second-order valence-electron chi connectivity index (χ2n) is 7.86. The van der Waals surface area contributed by atoms with Gasteiger partial charge in [-0.2, -0.15) is 0 Å². The van der Waals surface area contributed by atoms with Gasteiger partial charge >= 0.3 is 0 Å². The summed E-state index contributed by atoms with van der Waals surface area (Å²) in [6.07, 6.45) is 2.71. The number of hydrogen-bond donors (Lipinski definition) is 1. The Labute approximate surface area is 175 Å². The van der Waals surface area contributed by atoms with E-state index >= 15 is 0 Å². The lowest BCUT2D eigenvalue weighted by atomic mass is 10.0. The van der Waals surface area contributed by atoms with E-state index in [1.54, 1.807) is 6.08 Å². The molecule has 7 nitrogen and oxygen atoms in total. The summed E-state index contributed by atoms with van der Waals surface area (Å²) in [6.45, 7) is 4.69. The van der Waals surface area contributed by atoms with E-state index in [0.29, 0.717) is 12.4 Å². The Balaban J connectivity index is 1.56. The van der Waals surface area contributed by atoms with Crippen LogP contribution in [-0.2, 0) is 11.2 Å². The maximum Gasteiger partial charge on any atom is 0.221 e. The number of fused-ring (bicyclic) bond motifs is 1. The van der Waals surface area contributed by atoms with Crippen molar-refractivity contribution in [2.45, 2.75) is 32.7 Å². The van der Waals surface area contributed by atoms with Crippen molar-refractivity contribution in [3.63, 3.8) is 0 Å². The molecule has 1 aliphatic rings. The van der Waals surface area contributed by atoms with Gasteiger partial charge in [-0.3, -0.25) is 9.80 Å². The van der Waals surface area contributed by atoms with E-state index in [4.69, 9.17) is 15.1 Å². The molecule has 0 spiro atoms. The highest BCUT2D eigenvalue weighted by Gasteiger charge is 2.31. The van der Waals surface area contributed by atoms with Crippen LogP contribution < -0.4 is 5.73 Å². The Kier molecular flexibility index (Phi) is 5.61. The first kappa shape index (κ1) is 19.8. The van der Waals surface area contributed by atoms with E-state index in [0.717, 1.165) is 23.2 Å². The van der Waals surface area contributed by atoms with Gasteiger partial charge in [0.1, 0.15) is 11.6 Å². The Bertz CT molecular complexity index is 1100. The lowest BCUT2D eigenvalue weighted by Crippen LogP contribution is -2.26. The van der Waals surface area contributed by atoms with Gasteiger partial charge in [-0.05, 0) is 41.7 Å². The van der Waals surface area contributed by atoms with Gasteiger partial charge < -0.3 is 10.2 Å². The van der Waals surface area contributed by atoms with Crippen LogP contribution in [-0.4, -0.2) is 22.4 Å². The monoisotopic (exact) mass is 403 g/mol. The van der Waals surface area contributed by atoms with Crippen LogP contribution in [0.1, 0.15) is 43.3 Å². The molecule has 154 valence electrons. The SMILES string of the molecule is CC(C)C(c1nc2ccc(Cc3ccccc3)cc2o1)N1C/C(=C/CC(N)=O)N=N1. The molecule has 7 heteroatoms. The van der Waals surface area contributed by atoms with Crippen molar-refractivity contribution in [3.05, 3.63) is 77.3 Å². The van der Waals surface area contributed by atoms with Crippen molar-refractivity contribution in [1.82, 2.24) is 9.99 Å². The molecule has 2 aromatic carbocycles. The average molecular weight is 403 g/mol. The van der Waals surface area contributed by atoms with Gasteiger partial charge in [0.05, 0.1) is 12.2 Å². The molecule has 0 fully saturated rings. The quantitative estimate of drug-likeness (QED) is 0.625. The summed E-state index contributed by atoms with van der Waals surface area (Å²) >= 11 is 0. The van der Waals surface area contributed by atoms with Crippen molar-refractivity contribution < 1.29 is 9.21 Å². The fraction of sp³-hybridized carbons (Fsp3) is 0.304. The average Bonchev–Trinajstić information content (AvgIpc) is 3.34. The van der Waals surface area contributed by atoms with E-state index in [1.165, 1.54) is 11.1 Å². The number of aromatic nitrogens is 1. The minimum atomic E-state index is -0.387. The van der Waals surface area contributed by atoms with Gasteiger partial charge in [0.15, 0.2) is 5.58 Å². The molecule has 1 atom stereocenters. The summed E-state index contributed by atoms with van der Waals surface area (Å²) in [5, 5.41) is 10.3. The first-order valence-corrected chi connectivity index (χ1v) is 10.1. The molecule has 1 aliphatic heterocycles. The second-order valence-corrected chi connectivity index (χ2v) is 7.86. The summed E-state index contributed by atoms with van der Waals surface area (Å²) in [5.41, 5.74) is 9.96. The highest BCUT2D eigenvalue weighted by molar-refractivity contribution is 5.75. The van der Waals surface area contributed by atoms with Crippen molar-refractivity contribution in [1.29, 1.82) is 0 Å². The van der Waals surface area contributed by atoms with Gasteiger partial charge in [0, 0.05) is 6.42 Å². The molecule has 0 saturated heterocycles. The highest BCUT2D eigenvalue weighted by Crippen LogP contribution is 2.34. The van der Waals surface area contributed by atoms with Gasteiger partial charge in [-0.1, -0.05) is 55.5 Å². The number of oxazole rings is 1. The van der Waals surface area contributed by atoms with E-state index in [2.05, 4.69) is 48.5 Å². The minimum absolute atomic E-state index is 0.154. The molecule has 1 aromatic heterocycles.